The number of nitrogens with one attached hydrogen (secondary N) is 1. The van der Waals surface area contributed by atoms with Crippen LogP contribution in [0.15, 0.2) is 96.0 Å². The molecule has 3 aromatic rings. The van der Waals surface area contributed by atoms with Crippen LogP contribution in [-0.2, 0) is 16.0 Å². The average Bonchev–Trinajstić information content (AvgIpc) is 2.76. The van der Waals surface area contributed by atoms with Crippen LogP contribution in [0.5, 0.6) is 0 Å². The Morgan fingerprint density at radius 2 is 1.31 bits per heavy atom. The molecule has 1 aliphatic heterocycles. The van der Waals surface area contributed by atoms with Crippen molar-refractivity contribution in [2.75, 3.05) is 0 Å². The van der Waals surface area contributed by atoms with Crippen molar-refractivity contribution in [3.05, 3.63) is 108 Å². The summed E-state index contributed by atoms with van der Waals surface area (Å²) in [5.74, 6) is -1.47. The lowest BCUT2D eigenvalue weighted by Gasteiger charge is -2.23. The first-order chi connectivity index (χ1) is 14.2. The first-order valence-corrected chi connectivity index (χ1v) is 10.3. The number of rotatable bonds is 5. The van der Waals surface area contributed by atoms with Gasteiger partial charge in [0.1, 0.15) is 5.92 Å². The highest BCUT2D eigenvalue weighted by atomic mass is 32.2. The second kappa shape index (κ2) is 8.88. The molecular weight excluding hydrogens is 380 g/mol. The zero-order chi connectivity index (χ0) is 20.1. The lowest BCUT2D eigenvalue weighted by Crippen LogP contribution is -2.43. The molecule has 29 heavy (non-hydrogen) atoms. The lowest BCUT2D eigenvalue weighted by molar-refractivity contribution is -0.133. The number of hydrogen-bond donors (Lipinski definition) is 1. The molecular formula is C24H20N2O2S. The Morgan fingerprint density at radius 1 is 0.793 bits per heavy atom. The number of nitrogens with zero attached hydrogens (tertiary/aromatic N) is 1. The van der Waals surface area contributed by atoms with Crippen molar-refractivity contribution in [3.8, 4) is 0 Å². The molecule has 4 rings (SSSR count). The van der Waals surface area contributed by atoms with E-state index in [0.717, 1.165) is 16.7 Å². The molecule has 1 heterocycles. The predicted octanol–water partition coefficient (Wildman–Crippen LogP) is 4.38. The minimum atomic E-state index is -0.784. The van der Waals surface area contributed by atoms with E-state index in [9.17, 15) is 9.59 Å². The largest absolute Gasteiger partial charge is 0.304 e. The third-order valence-electron chi connectivity index (χ3n) is 4.77. The third kappa shape index (κ3) is 4.63. The Morgan fingerprint density at radius 3 is 1.83 bits per heavy atom. The van der Waals surface area contributed by atoms with Gasteiger partial charge in [0.2, 0.25) is 5.91 Å². The molecule has 3 aromatic carbocycles. The minimum Gasteiger partial charge on any atom is -0.304 e. The number of amides is 2. The Labute approximate surface area is 174 Å². The molecule has 0 aromatic heterocycles. The smallest absolute Gasteiger partial charge is 0.261 e. The number of benzene rings is 3. The summed E-state index contributed by atoms with van der Waals surface area (Å²) in [6.45, 7) is 0. The summed E-state index contributed by atoms with van der Waals surface area (Å²) in [7, 11) is 0. The molecule has 0 saturated carbocycles. The normalized spacial score (nSPS) is 16.4. The highest BCUT2D eigenvalue weighted by Crippen LogP contribution is 2.36. The van der Waals surface area contributed by atoms with Crippen LogP contribution in [0.2, 0.25) is 0 Å². The van der Waals surface area contributed by atoms with Crippen LogP contribution in [0.25, 0.3) is 0 Å². The second-order valence-corrected chi connectivity index (χ2v) is 7.90. The van der Waals surface area contributed by atoms with Crippen molar-refractivity contribution in [2.45, 2.75) is 11.7 Å². The fourth-order valence-electron chi connectivity index (χ4n) is 3.29. The van der Waals surface area contributed by atoms with E-state index in [1.807, 2.05) is 91.0 Å². The standard InChI is InChI=1S/C24H20N2O2S/c27-22-20(16-17-10-4-1-5-11-17)23(28)26-24(25-22)29-21(18-12-6-2-7-13-18)19-14-8-3-9-15-19/h1-15,20-21H,16H2,(H,25,26,27,28). The van der Waals surface area contributed by atoms with Gasteiger partial charge in [-0.1, -0.05) is 103 Å². The minimum absolute atomic E-state index is 0.0741. The van der Waals surface area contributed by atoms with Crippen LogP contribution in [0.3, 0.4) is 0 Å². The van der Waals surface area contributed by atoms with Crippen molar-refractivity contribution < 1.29 is 9.59 Å². The number of hydrogen-bond acceptors (Lipinski definition) is 3. The van der Waals surface area contributed by atoms with Crippen LogP contribution in [0.4, 0.5) is 0 Å². The molecule has 1 atom stereocenters. The highest BCUT2D eigenvalue weighted by molar-refractivity contribution is 8.14. The van der Waals surface area contributed by atoms with E-state index in [1.54, 1.807) is 0 Å². The second-order valence-electron chi connectivity index (χ2n) is 6.81. The fourth-order valence-corrected chi connectivity index (χ4v) is 4.40. The first kappa shape index (κ1) is 19.2. The Balaban J connectivity index is 1.56. The summed E-state index contributed by atoms with van der Waals surface area (Å²) < 4.78 is 0. The summed E-state index contributed by atoms with van der Waals surface area (Å²) in [4.78, 5) is 29.5. The van der Waals surface area contributed by atoms with Gasteiger partial charge in [-0.25, -0.2) is 0 Å². The molecule has 1 N–H and O–H groups in total. The molecule has 4 nitrogen and oxygen atoms in total. The number of aliphatic imine (C=N–C) groups is 1. The molecule has 0 saturated heterocycles. The van der Waals surface area contributed by atoms with Crippen molar-refractivity contribution in [3.63, 3.8) is 0 Å². The first-order valence-electron chi connectivity index (χ1n) is 9.44. The van der Waals surface area contributed by atoms with Crippen LogP contribution in [-0.4, -0.2) is 17.0 Å². The van der Waals surface area contributed by atoms with Gasteiger partial charge in [0.15, 0.2) is 5.17 Å². The number of thioether (sulfide) groups is 1. The quantitative estimate of drug-likeness (QED) is 0.647. The molecule has 2 amide bonds. The summed E-state index contributed by atoms with van der Waals surface area (Å²) in [5.41, 5.74) is 3.11. The van der Waals surface area contributed by atoms with Gasteiger partial charge < -0.3 is 5.32 Å². The maximum absolute atomic E-state index is 12.6. The van der Waals surface area contributed by atoms with Gasteiger partial charge in [0, 0.05) is 0 Å². The predicted molar refractivity (Wildman–Crippen MR) is 117 cm³/mol. The van der Waals surface area contributed by atoms with Gasteiger partial charge in [-0.2, -0.15) is 4.99 Å². The van der Waals surface area contributed by atoms with E-state index in [1.165, 1.54) is 11.8 Å². The lowest BCUT2D eigenvalue weighted by atomic mass is 9.97. The van der Waals surface area contributed by atoms with Gasteiger partial charge in [0.05, 0.1) is 5.25 Å². The number of carbonyl (C=O) groups excluding carboxylic acids is 2. The van der Waals surface area contributed by atoms with E-state index in [-0.39, 0.29) is 17.1 Å². The highest BCUT2D eigenvalue weighted by Gasteiger charge is 2.33. The van der Waals surface area contributed by atoms with E-state index >= 15 is 0 Å². The SMILES string of the molecule is O=C1N=C(SC(c2ccccc2)c2ccccc2)NC(=O)C1Cc1ccccc1. The Bertz CT molecular complexity index is 981. The zero-order valence-corrected chi connectivity index (χ0v) is 16.5. The summed E-state index contributed by atoms with van der Waals surface area (Å²) in [6.07, 6.45) is 0.355. The third-order valence-corrected chi connectivity index (χ3v) is 5.97. The monoisotopic (exact) mass is 400 g/mol. The van der Waals surface area contributed by atoms with Crippen LogP contribution in [0.1, 0.15) is 21.9 Å². The maximum Gasteiger partial charge on any atom is 0.261 e. The van der Waals surface area contributed by atoms with E-state index < -0.39 is 5.92 Å². The van der Waals surface area contributed by atoms with Gasteiger partial charge >= 0.3 is 0 Å². The topological polar surface area (TPSA) is 58.5 Å². The van der Waals surface area contributed by atoms with Gasteiger partial charge in [-0.3, -0.25) is 9.59 Å². The molecule has 0 fully saturated rings. The van der Waals surface area contributed by atoms with Gasteiger partial charge in [0.25, 0.3) is 5.91 Å². The number of amidine groups is 1. The number of carbonyl (C=O) groups is 2. The molecule has 144 valence electrons. The molecule has 5 heteroatoms. The summed E-state index contributed by atoms with van der Waals surface area (Å²) in [5, 5.41) is 3.12. The van der Waals surface area contributed by atoms with Crippen molar-refractivity contribution >= 4 is 28.7 Å². The van der Waals surface area contributed by atoms with E-state index in [2.05, 4.69) is 10.3 Å². The zero-order valence-electron chi connectivity index (χ0n) is 15.7. The Kier molecular flexibility index (Phi) is 5.86. The molecule has 0 radical (unpaired) electrons. The molecule has 0 spiro atoms. The van der Waals surface area contributed by atoms with Crippen LogP contribution >= 0.6 is 11.8 Å². The molecule has 0 bridgehead atoms. The molecule has 1 unspecified atom stereocenters. The Hall–Kier alpha value is -3.18. The van der Waals surface area contributed by atoms with Gasteiger partial charge in [-0.05, 0) is 23.1 Å². The average molecular weight is 401 g/mol. The van der Waals surface area contributed by atoms with Gasteiger partial charge in [-0.15, -0.1) is 0 Å². The van der Waals surface area contributed by atoms with Crippen LogP contribution in [0, 0.1) is 5.92 Å². The van der Waals surface area contributed by atoms with E-state index in [0.29, 0.717) is 11.6 Å². The molecule has 1 aliphatic rings. The van der Waals surface area contributed by atoms with Crippen molar-refractivity contribution in [2.24, 2.45) is 10.9 Å². The van der Waals surface area contributed by atoms with E-state index in [4.69, 9.17) is 0 Å². The summed E-state index contributed by atoms with van der Waals surface area (Å²) in [6, 6.07) is 29.5. The van der Waals surface area contributed by atoms with Crippen molar-refractivity contribution in [1.29, 1.82) is 0 Å². The summed E-state index contributed by atoms with van der Waals surface area (Å²) >= 11 is 1.38. The maximum atomic E-state index is 12.6. The fraction of sp³-hybridized carbons (Fsp3) is 0.125. The molecule has 0 aliphatic carbocycles. The van der Waals surface area contributed by atoms with Crippen molar-refractivity contribution in [1.82, 2.24) is 5.32 Å². The van der Waals surface area contributed by atoms with Crippen LogP contribution < -0.4 is 5.32 Å².